The fourth-order valence-corrected chi connectivity index (χ4v) is 2.40. The van der Waals surface area contributed by atoms with Gasteiger partial charge < -0.3 is 4.74 Å². The summed E-state index contributed by atoms with van der Waals surface area (Å²) in [5.41, 5.74) is 2.72. The molecule has 1 aromatic rings. The lowest BCUT2D eigenvalue weighted by Crippen LogP contribution is -2.08. The van der Waals surface area contributed by atoms with Crippen molar-refractivity contribution in [1.29, 1.82) is 0 Å². The minimum Gasteiger partial charge on any atom is -0.379 e. The van der Waals surface area contributed by atoms with Crippen molar-refractivity contribution in [2.75, 3.05) is 6.61 Å². The van der Waals surface area contributed by atoms with Gasteiger partial charge in [-0.2, -0.15) is 0 Å². The Labute approximate surface area is 131 Å². The van der Waals surface area contributed by atoms with Gasteiger partial charge in [-0.1, -0.05) is 63.1 Å². The molecule has 1 heteroatoms. The maximum Gasteiger partial charge on any atom is 0.0546 e. The third-order valence-corrected chi connectivity index (χ3v) is 3.81. The third-order valence-electron chi connectivity index (χ3n) is 3.81. The van der Waals surface area contributed by atoms with Gasteiger partial charge >= 0.3 is 0 Å². The minimum atomic E-state index is 0.431. The van der Waals surface area contributed by atoms with E-state index in [9.17, 15) is 0 Å². The lowest BCUT2D eigenvalue weighted by atomic mass is 10.1. The first-order valence-electron chi connectivity index (χ1n) is 8.63. The fraction of sp³-hybridized carbons (Fsp3) is 0.600. The molecule has 0 bridgehead atoms. The summed E-state index contributed by atoms with van der Waals surface area (Å²) in [7, 11) is 0. The van der Waals surface area contributed by atoms with Gasteiger partial charge in [0.15, 0.2) is 0 Å². The summed E-state index contributed by atoms with van der Waals surface area (Å²) in [5, 5.41) is 0. The van der Waals surface area contributed by atoms with E-state index in [2.05, 4.69) is 57.2 Å². The summed E-state index contributed by atoms with van der Waals surface area (Å²) in [6, 6.07) is 8.85. The van der Waals surface area contributed by atoms with Crippen molar-refractivity contribution < 1.29 is 4.74 Å². The van der Waals surface area contributed by atoms with E-state index in [1.807, 2.05) is 0 Å². The van der Waals surface area contributed by atoms with Crippen LogP contribution in [-0.4, -0.2) is 12.7 Å². The first-order valence-corrected chi connectivity index (χ1v) is 8.63. The highest BCUT2D eigenvalue weighted by molar-refractivity contribution is 5.49. The lowest BCUT2D eigenvalue weighted by Gasteiger charge is -2.11. The third kappa shape index (κ3) is 8.72. The van der Waals surface area contributed by atoms with Gasteiger partial charge in [-0.15, -0.1) is 0 Å². The normalized spacial score (nSPS) is 12.9. The number of ether oxygens (including phenoxy) is 1. The quantitative estimate of drug-likeness (QED) is 0.452. The topological polar surface area (TPSA) is 9.23 Å². The van der Waals surface area contributed by atoms with Gasteiger partial charge in [-0.25, -0.2) is 0 Å². The van der Waals surface area contributed by atoms with Crippen LogP contribution in [0, 0.1) is 0 Å². The Morgan fingerprint density at radius 2 is 1.81 bits per heavy atom. The van der Waals surface area contributed by atoms with E-state index < -0.39 is 0 Å². The lowest BCUT2D eigenvalue weighted by molar-refractivity contribution is 0.0571. The minimum absolute atomic E-state index is 0.431. The molecule has 1 aromatic carbocycles. The number of unbranched alkanes of at least 4 members (excludes halogenated alkanes) is 3. The molecule has 0 saturated carbocycles. The van der Waals surface area contributed by atoms with Crippen LogP contribution >= 0.6 is 0 Å². The van der Waals surface area contributed by atoms with Crippen LogP contribution in [0.3, 0.4) is 0 Å². The second-order valence-electron chi connectivity index (χ2n) is 5.82. The summed E-state index contributed by atoms with van der Waals surface area (Å²) >= 11 is 0. The molecule has 0 spiro atoms. The summed E-state index contributed by atoms with van der Waals surface area (Å²) in [6.45, 7) is 7.50. The molecule has 0 amide bonds. The maximum atomic E-state index is 5.76. The second-order valence-corrected chi connectivity index (χ2v) is 5.82. The molecule has 1 unspecified atom stereocenters. The zero-order chi connectivity index (χ0) is 15.3. The maximum absolute atomic E-state index is 5.76. The summed E-state index contributed by atoms with van der Waals surface area (Å²) in [4.78, 5) is 0. The first-order chi connectivity index (χ1) is 10.3. The van der Waals surface area contributed by atoms with Gasteiger partial charge in [-0.05, 0) is 50.2 Å². The van der Waals surface area contributed by atoms with Crippen molar-refractivity contribution in [3.63, 3.8) is 0 Å². The van der Waals surface area contributed by atoms with E-state index in [4.69, 9.17) is 4.74 Å². The molecule has 21 heavy (non-hydrogen) atoms. The first kappa shape index (κ1) is 18.0. The van der Waals surface area contributed by atoms with Gasteiger partial charge in [-0.3, -0.25) is 0 Å². The molecule has 0 radical (unpaired) electrons. The molecule has 0 aromatic heterocycles. The van der Waals surface area contributed by atoms with Gasteiger partial charge in [0.05, 0.1) is 6.10 Å². The summed E-state index contributed by atoms with van der Waals surface area (Å²) in [5.74, 6) is 0. The molecule has 0 N–H and O–H groups in total. The molecule has 1 rings (SSSR count). The van der Waals surface area contributed by atoms with Crippen molar-refractivity contribution in [3.05, 3.63) is 41.5 Å². The average Bonchev–Trinajstić information content (AvgIpc) is 2.51. The zero-order valence-electron chi connectivity index (χ0n) is 14.1. The van der Waals surface area contributed by atoms with Crippen LogP contribution < -0.4 is 0 Å². The van der Waals surface area contributed by atoms with E-state index >= 15 is 0 Å². The van der Waals surface area contributed by atoms with E-state index in [1.165, 1.54) is 49.7 Å². The molecular weight excluding hydrogens is 256 g/mol. The van der Waals surface area contributed by atoms with E-state index in [0.29, 0.717) is 6.10 Å². The number of rotatable bonds is 11. The van der Waals surface area contributed by atoms with Crippen LogP contribution in [0.5, 0.6) is 0 Å². The average molecular weight is 288 g/mol. The Bertz CT molecular complexity index is 377. The Hall–Kier alpha value is -1.08. The van der Waals surface area contributed by atoms with Crippen molar-refractivity contribution in [3.8, 4) is 0 Å². The number of hydrogen-bond donors (Lipinski definition) is 0. The molecule has 0 saturated heterocycles. The van der Waals surface area contributed by atoms with Gasteiger partial charge in [0, 0.05) is 6.61 Å². The van der Waals surface area contributed by atoms with Crippen LogP contribution in [0.4, 0.5) is 0 Å². The second kappa shape index (κ2) is 11.6. The smallest absolute Gasteiger partial charge is 0.0546 e. The number of allylic oxidation sites excluding steroid dienone is 1. The fourth-order valence-electron chi connectivity index (χ4n) is 2.40. The van der Waals surface area contributed by atoms with Crippen LogP contribution in [0.2, 0.25) is 0 Å². The highest BCUT2D eigenvalue weighted by Crippen LogP contribution is 2.09. The van der Waals surface area contributed by atoms with Crippen molar-refractivity contribution in [1.82, 2.24) is 0 Å². The van der Waals surface area contributed by atoms with E-state index in [-0.39, 0.29) is 0 Å². The number of benzene rings is 1. The Kier molecular flexibility index (Phi) is 9.90. The predicted octanol–water partition coefficient (Wildman–Crippen LogP) is 6.03. The van der Waals surface area contributed by atoms with Crippen molar-refractivity contribution in [2.24, 2.45) is 0 Å². The van der Waals surface area contributed by atoms with E-state index in [1.54, 1.807) is 0 Å². The van der Waals surface area contributed by atoms with Crippen LogP contribution in [0.1, 0.15) is 70.4 Å². The molecule has 0 heterocycles. The Morgan fingerprint density at radius 1 is 1.05 bits per heavy atom. The summed E-state index contributed by atoms with van der Waals surface area (Å²) < 4.78 is 5.76. The van der Waals surface area contributed by atoms with Gasteiger partial charge in [0.1, 0.15) is 0 Å². The summed E-state index contributed by atoms with van der Waals surface area (Å²) in [6.07, 6.45) is 13.3. The molecule has 118 valence electrons. The van der Waals surface area contributed by atoms with Crippen LogP contribution in [0.25, 0.3) is 6.08 Å². The highest BCUT2D eigenvalue weighted by Gasteiger charge is 1.99. The SMILES string of the molecule is CCCC(C)OCCCCCC=Cc1ccc(CC)cc1. The molecular formula is C20H32O. The molecule has 0 aliphatic rings. The molecule has 0 fully saturated rings. The zero-order valence-corrected chi connectivity index (χ0v) is 14.1. The highest BCUT2D eigenvalue weighted by atomic mass is 16.5. The van der Waals surface area contributed by atoms with Crippen molar-refractivity contribution in [2.45, 2.75) is 71.8 Å². The molecule has 1 atom stereocenters. The standard InChI is InChI=1S/C20H32O/c1-4-11-18(3)21-17-10-8-6-7-9-12-20-15-13-19(5-2)14-16-20/h9,12-16,18H,4-8,10-11,17H2,1-3H3. The monoisotopic (exact) mass is 288 g/mol. The van der Waals surface area contributed by atoms with Gasteiger partial charge in [0.2, 0.25) is 0 Å². The van der Waals surface area contributed by atoms with Crippen molar-refractivity contribution >= 4 is 6.08 Å². The largest absolute Gasteiger partial charge is 0.379 e. The predicted molar refractivity (Wildman–Crippen MR) is 93.6 cm³/mol. The molecule has 1 nitrogen and oxygen atoms in total. The Morgan fingerprint density at radius 3 is 2.48 bits per heavy atom. The number of aryl methyl sites for hydroxylation is 1. The van der Waals surface area contributed by atoms with Gasteiger partial charge in [0.25, 0.3) is 0 Å². The molecule has 0 aliphatic heterocycles. The molecule has 0 aliphatic carbocycles. The van der Waals surface area contributed by atoms with Crippen LogP contribution in [-0.2, 0) is 11.2 Å². The van der Waals surface area contributed by atoms with Crippen LogP contribution in [0.15, 0.2) is 30.3 Å². The van der Waals surface area contributed by atoms with E-state index in [0.717, 1.165) is 13.0 Å². The Balaban J connectivity index is 2.04. The number of hydrogen-bond acceptors (Lipinski definition) is 1.